The molecule has 17 heavy (non-hydrogen) atoms. The molecule has 2 aliphatic rings. The second kappa shape index (κ2) is 6.17. The van der Waals surface area contributed by atoms with Crippen LogP contribution in [0.5, 0.6) is 0 Å². The van der Waals surface area contributed by atoms with Crippen LogP contribution in [0.4, 0.5) is 0 Å². The third-order valence-corrected chi connectivity index (χ3v) is 4.90. The normalized spacial score (nSPS) is 26.5. The van der Waals surface area contributed by atoms with Gasteiger partial charge in [-0.25, -0.2) is 0 Å². The van der Waals surface area contributed by atoms with Gasteiger partial charge >= 0.3 is 0 Å². The molecule has 1 aliphatic heterocycles. The van der Waals surface area contributed by atoms with Gasteiger partial charge in [0.1, 0.15) is 0 Å². The van der Waals surface area contributed by atoms with E-state index in [1.54, 1.807) is 0 Å². The number of rotatable bonds is 6. The maximum atomic E-state index is 5.87. The number of likely N-dealkylation sites (tertiary alicyclic amines) is 1. The molecule has 100 valence electrons. The van der Waals surface area contributed by atoms with Gasteiger partial charge in [0.2, 0.25) is 0 Å². The van der Waals surface area contributed by atoms with Gasteiger partial charge in [0.15, 0.2) is 0 Å². The number of nitrogens with zero attached hydrogens (tertiary/aromatic N) is 1. The van der Waals surface area contributed by atoms with Crippen LogP contribution < -0.4 is 11.3 Å². The summed E-state index contributed by atoms with van der Waals surface area (Å²) >= 11 is 0. The lowest BCUT2D eigenvalue weighted by Gasteiger charge is -2.45. The zero-order chi connectivity index (χ0) is 12.1. The van der Waals surface area contributed by atoms with Crippen molar-refractivity contribution < 1.29 is 0 Å². The second-order valence-electron chi connectivity index (χ2n) is 5.87. The summed E-state index contributed by atoms with van der Waals surface area (Å²) in [6, 6.07) is 0.503. The van der Waals surface area contributed by atoms with E-state index in [1.165, 1.54) is 70.9 Å². The molecule has 0 bridgehead atoms. The highest BCUT2D eigenvalue weighted by molar-refractivity contribution is 5.04. The van der Waals surface area contributed by atoms with Crippen molar-refractivity contribution in [2.45, 2.75) is 76.3 Å². The first-order chi connectivity index (χ1) is 8.33. The molecule has 0 aromatic carbocycles. The minimum atomic E-state index is 0.389. The highest BCUT2D eigenvalue weighted by Crippen LogP contribution is 2.41. The molecule has 3 nitrogen and oxygen atoms in total. The Kier molecular flexibility index (Phi) is 4.83. The molecule has 3 N–H and O–H groups in total. The van der Waals surface area contributed by atoms with Crippen molar-refractivity contribution >= 4 is 0 Å². The topological polar surface area (TPSA) is 41.3 Å². The minimum Gasteiger partial charge on any atom is -0.296 e. The number of hydrogen-bond acceptors (Lipinski definition) is 3. The Balaban J connectivity index is 2.07. The molecule has 2 fully saturated rings. The van der Waals surface area contributed by atoms with Crippen LogP contribution in [-0.4, -0.2) is 29.6 Å². The fourth-order valence-electron chi connectivity index (χ4n) is 3.95. The summed E-state index contributed by atoms with van der Waals surface area (Å²) in [6.07, 6.45) is 12.1. The largest absolute Gasteiger partial charge is 0.296 e. The average molecular weight is 239 g/mol. The van der Waals surface area contributed by atoms with Crippen molar-refractivity contribution in [1.29, 1.82) is 0 Å². The van der Waals surface area contributed by atoms with Gasteiger partial charge in [0.05, 0.1) is 0 Å². The van der Waals surface area contributed by atoms with Crippen molar-refractivity contribution in [3.05, 3.63) is 0 Å². The summed E-state index contributed by atoms with van der Waals surface area (Å²) in [6.45, 7) is 4.86. The highest BCUT2D eigenvalue weighted by atomic mass is 15.3. The summed E-state index contributed by atoms with van der Waals surface area (Å²) in [4.78, 5) is 2.75. The molecule has 0 aromatic rings. The average Bonchev–Trinajstić information content (AvgIpc) is 3.01. The van der Waals surface area contributed by atoms with Crippen LogP contribution in [0.2, 0.25) is 0 Å². The van der Waals surface area contributed by atoms with Crippen molar-refractivity contribution in [1.82, 2.24) is 10.3 Å². The van der Waals surface area contributed by atoms with E-state index < -0.39 is 0 Å². The van der Waals surface area contributed by atoms with Crippen LogP contribution in [0.25, 0.3) is 0 Å². The van der Waals surface area contributed by atoms with E-state index in [0.717, 1.165) is 0 Å². The lowest BCUT2D eigenvalue weighted by Crippen LogP contribution is -2.60. The van der Waals surface area contributed by atoms with Crippen molar-refractivity contribution in [2.75, 3.05) is 13.1 Å². The van der Waals surface area contributed by atoms with Crippen LogP contribution >= 0.6 is 0 Å². The van der Waals surface area contributed by atoms with Crippen molar-refractivity contribution in [3.8, 4) is 0 Å². The van der Waals surface area contributed by atoms with E-state index in [9.17, 15) is 0 Å². The smallest absolute Gasteiger partial charge is 0.0394 e. The number of nitrogens with one attached hydrogen (secondary N) is 1. The lowest BCUT2D eigenvalue weighted by molar-refractivity contribution is 0.0720. The molecular formula is C14H29N3. The lowest BCUT2D eigenvalue weighted by atomic mass is 9.83. The Morgan fingerprint density at radius 2 is 1.82 bits per heavy atom. The molecule has 0 radical (unpaired) electrons. The molecule has 1 saturated carbocycles. The second-order valence-corrected chi connectivity index (χ2v) is 5.87. The maximum Gasteiger partial charge on any atom is 0.0394 e. The van der Waals surface area contributed by atoms with Gasteiger partial charge in [0.25, 0.3) is 0 Å². The van der Waals surface area contributed by atoms with E-state index in [0.29, 0.717) is 11.6 Å². The molecule has 3 heteroatoms. The molecule has 2 rings (SSSR count). The van der Waals surface area contributed by atoms with Gasteiger partial charge in [0, 0.05) is 11.6 Å². The predicted octanol–water partition coefficient (Wildman–Crippen LogP) is 2.42. The first-order valence-electron chi connectivity index (χ1n) is 7.54. The molecular weight excluding hydrogens is 210 g/mol. The van der Waals surface area contributed by atoms with E-state index in [1.807, 2.05) is 0 Å². The molecule has 1 aliphatic carbocycles. The summed E-state index contributed by atoms with van der Waals surface area (Å²) in [5.74, 6) is 5.87. The summed E-state index contributed by atoms with van der Waals surface area (Å²) in [5, 5.41) is 0. The zero-order valence-corrected chi connectivity index (χ0v) is 11.4. The molecule has 0 amide bonds. The van der Waals surface area contributed by atoms with Gasteiger partial charge in [-0.1, -0.05) is 32.6 Å². The van der Waals surface area contributed by atoms with Crippen molar-refractivity contribution in [3.63, 3.8) is 0 Å². The quantitative estimate of drug-likeness (QED) is 0.552. The summed E-state index contributed by atoms with van der Waals surface area (Å²) in [7, 11) is 0. The fraction of sp³-hybridized carbons (Fsp3) is 1.00. The van der Waals surface area contributed by atoms with Gasteiger partial charge in [-0.2, -0.15) is 0 Å². The van der Waals surface area contributed by atoms with Crippen LogP contribution in [0.1, 0.15) is 64.7 Å². The standard InChI is InChI=1S/C14H29N3/c1-2-3-8-13(16-15)14(9-4-5-10-14)17-11-6-7-12-17/h13,16H,2-12,15H2,1H3. The van der Waals surface area contributed by atoms with Crippen LogP contribution in [0.15, 0.2) is 0 Å². The van der Waals surface area contributed by atoms with Gasteiger partial charge < -0.3 is 0 Å². The van der Waals surface area contributed by atoms with Gasteiger partial charge in [-0.05, 0) is 45.2 Å². The number of hydrazine groups is 1. The molecule has 1 atom stereocenters. The van der Waals surface area contributed by atoms with Crippen molar-refractivity contribution in [2.24, 2.45) is 5.84 Å². The van der Waals surface area contributed by atoms with E-state index >= 15 is 0 Å². The van der Waals surface area contributed by atoms with E-state index in [-0.39, 0.29) is 0 Å². The van der Waals surface area contributed by atoms with Gasteiger partial charge in [-0.3, -0.25) is 16.2 Å². The fourth-order valence-corrected chi connectivity index (χ4v) is 3.95. The van der Waals surface area contributed by atoms with E-state index in [2.05, 4.69) is 17.2 Å². The predicted molar refractivity (Wildman–Crippen MR) is 72.6 cm³/mol. The Hall–Kier alpha value is -0.120. The number of nitrogens with two attached hydrogens (primary N) is 1. The monoisotopic (exact) mass is 239 g/mol. The summed E-state index contributed by atoms with van der Waals surface area (Å²) in [5.41, 5.74) is 3.54. The highest BCUT2D eigenvalue weighted by Gasteiger charge is 2.45. The first-order valence-corrected chi connectivity index (χ1v) is 7.54. The minimum absolute atomic E-state index is 0.389. The number of hydrogen-bond donors (Lipinski definition) is 2. The van der Waals surface area contributed by atoms with Crippen LogP contribution in [-0.2, 0) is 0 Å². The molecule has 0 aromatic heterocycles. The molecule has 0 spiro atoms. The van der Waals surface area contributed by atoms with Gasteiger partial charge in [-0.15, -0.1) is 0 Å². The third kappa shape index (κ3) is 2.67. The summed E-state index contributed by atoms with van der Waals surface area (Å²) < 4.78 is 0. The Bertz CT molecular complexity index is 218. The molecule has 1 heterocycles. The molecule has 1 unspecified atom stereocenters. The maximum absolute atomic E-state index is 5.87. The van der Waals surface area contributed by atoms with Crippen LogP contribution in [0, 0.1) is 0 Å². The van der Waals surface area contributed by atoms with E-state index in [4.69, 9.17) is 5.84 Å². The number of unbranched alkanes of at least 4 members (excludes halogenated alkanes) is 1. The van der Waals surface area contributed by atoms with Crippen LogP contribution in [0.3, 0.4) is 0 Å². The molecule has 1 saturated heterocycles. The first kappa shape index (κ1) is 13.3. The Morgan fingerprint density at radius 3 is 2.35 bits per heavy atom. The third-order valence-electron chi connectivity index (χ3n) is 4.90. The zero-order valence-electron chi connectivity index (χ0n) is 11.4. The Morgan fingerprint density at radius 1 is 1.18 bits per heavy atom. The Labute approximate surface area is 106 Å². The SMILES string of the molecule is CCCCC(NN)C1(N2CCCC2)CCCC1.